The first-order chi connectivity index (χ1) is 5.65. The lowest BCUT2D eigenvalue weighted by atomic mass is 9.70. The molecule has 1 aliphatic carbocycles. The molecule has 0 nitrogen and oxygen atoms in total. The third-order valence-corrected chi connectivity index (χ3v) is 3.49. The van der Waals surface area contributed by atoms with Crippen molar-refractivity contribution in [2.75, 3.05) is 0 Å². The highest BCUT2D eigenvalue weighted by molar-refractivity contribution is 4.87. The summed E-state index contributed by atoms with van der Waals surface area (Å²) in [7, 11) is 0. The van der Waals surface area contributed by atoms with E-state index in [9.17, 15) is 0 Å². The van der Waals surface area contributed by atoms with E-state index in [2.05, 4.69) is 33.4 Å². The molecule has 0 aromatic rings. The molecule has 0 saturated heterocycles. The molecule has 3 unspecified atom stereocenters. The molecule has 0 spiro atoms. The van der Waals surface area contributed by atoms with Gasteiger partial charge in [-0.25, -0.2) is 0 Å². The molecule has 70 valence electrons. The minimum atomic E-state index is 0.800. The third kappa shape index (κ3) is 2.12. The normalized spacial score (nSPS) is 36.8. The van der Waals surface area contributed by atoms with E-state index < -0.39 is 0 Å². The number of rotatable bonds is 2. The van der Waals surface area contributed by atoms with Gasteiger partial charge in [-0.1, -0.05) is 26.8 Å². The standard InChI is InChI=1S/C12H22/c1-5-11-7-6-10(4)12(8-11)9(2)3/h5,9-12H,1,6-8H2,2-4H3. The molecule has 12 heavy (non-hydrogen) atoms. The lowest BCUT2D eigenvalue weighted by Gasteiger charge is -2.35. The molecule has 3 atom stereocenters. The summed E-state index contributed by atoms with van der Waals surface area (Å²) in [4.78, 5) is 0. The fourth-order valence-corrected chi connectivity index (χ4v) is 2.53. The maximum absolute atomic E-state index is 3.90. The minimum absolute atomic E-state index is 0.800. The summed E-state index contributed by atoms with van der Waals surface area (Å²) in [6.07, 6.45) is 6.30. The van der Waals surface area contributed by atoms with Crippen LogP contribution in [0.4, 0.5) is 0 Å². The maximum atomic E-state index is 3.90. The summed E-state index contributed by atoms with van der Waals surface area (Å²) in [5.41, 5.74) is 0. The highest BCUT2D eigenvalue weighted by atomic mass is 14.3. The first-order valence-electron chi connectivity index (χ1n) is 5.27. The van der Waals surface area contributed by atoms with Gasteiger partial charge >= 0.3 is 0 Å². The summed E-state index contributed by atoms with van der Waals surface area (Å²) in [5.74, 6) is 3.51. The van der Waals surface area contributed by atoms with Gasteiger partial charge in [-0.15, -0.1) is 6.58 Å². The van der Waals surface area contributed by atoms with Crippen LogP contribution in [-0.2, 0) is 0 Å². The van der Waals surface area contributed by atoms with Gasteiger partial charge in [0, 0.05) is 0 Å². The van der Waals surface area contributed by atoms with E-state index in [4.69, 9.17) is 0 Å². The predicted octanol–water partition coefficient (Wildman–Crippen LogP) is 3.88. The molecular weight excluding hydrogens is 144 g/mol. The van der Waals surface area contributed by atoms with Crippen molar-refractivity contribution in [2.24, 2.45) is 23.7 Å². The Morgan fingerprint density at radius 3 is 2.50 bits per heavy atom. The number of hydrogen-bond acceptors (Lipinski definition) is 0. The zero-order valence-corrected chi connectivity index (χ0v) is 8.72. The second kappa shape index (κ2) is 4.11. The van der Waals surface area contributed by atoms with Gasteiger partial charge in [0.05, 0.1) is 0 Å². The van der Waals surface area contributed by atoms with Crippen molar-refractivity contribution in [3.8, 4) is 0 Å². The highest BCUT2D eigenvalue weighted by Gasteiger charge is 2.27. The van der Waals surface area contributed by atoms with E-state index in [1.54, 1.807) is 0 Å². The predicted molar refractivity (Wildman–Crippen MR) is 55.0 cm³/mol. The molecule has 0 aromatic carbocycles. The Morgan fingerprint density at radius 1 is 1.33 bits per heavy atom. The molecule has 0 heterocycles. The zero-order valence-electron chi connectivity index (χ0n) is 8.72. The third-order valence-electron chi connectivity index (χ3n) is 3.49. The molecule has 0 heteroatoms. The monoisotopic (exact) mass is 166 g/mol. The van der Waals surface area contributed by atoms with E-state index in [0.29, 0.717) is 0 Å². The van der Waals surface area contributed by atoms with Crippen molar-refractivity contribution in [1.82, 2.24) is 0 Å². The van der Waals surface area contributed by atoms with Crippen LogP contribution >= 0.6 is 0 Å². The minimum Gasteiger partial charge on any atom is -0.103 e. The Morgan fingerprint density at radius 2 is 2.00 bits per heavy atom. The van der Waals surface area contributed by atoms with Crippen molar-refractivity contribution >= 4 is 0 Å². The van der Waals surface area contributed by atoms with E-state index in [1.807, 2.05) is 0 Å². The van der Waals surface area contributed by atoms with Crippen molar-refractivity contribution in [3.05, 3.63) is 12.7 Å². The van der Waals surface area contributed by atoms with E-state index >= 15 is 0 Å². The largest absolute Gasteiger partial charge is 0.103 e. The van der Waals surface area contributed by atoms with Crippen LogP contribution in [0.25, 0.3) is 0 Å². The molecule has 0 aliphatic heterocycles. The average molecular weight is 166 g/mol. The molecule has 0 amide bonds. The Balaban J connectivity index is 2.52. The van der Waals surface area contributed by atoms with Gasteiger partial charge in [0.25, 0.3) is 0 Å². The van der Waals surface area contributed by atoms with Crippen LogP contribution in [0.15, 0.2) is 12.7 Å². The molecule has 1 fully saturated rings. The number of hydrogen-bond donors (Lipinski definition) is 0. The quantitative estimate of drug-likeness (QED) is 0.546. The summed E-state index contributed by atoms with van der Waals surface area (Å²) in [6.45, 7) is 11.0. The van der Waals surface area contributed by atoms with Gasteiger partial charge < -0.3 is 0 Å². The fourth-order valence-electron chi connectivity index (χ4n) is 2.53. The van der Waals surface area contributed by atoms with E-state index in [-0.39, 0.29) is 0 Å². The molecular formula is C12H22. The van der Waals surface area contributed by atoms with Gasteiger partial charge in [-0.05, 0) is 42.9 Å². The van der Waals surface area contributed by atoms with Gasteiger partial charge in [0.1, 0.15) is 0 Å². The summed E-state index contributed by atoms with van der Waals surface area (Å²) >= 11 is 0. The lowest BCUT2D eigenvalue weighted by Crippen LogP contribution is -2.25. The van der Waals surface area contributed by atoms with E-state index in [0.717, 1.165) is 23.7 Å². The molecule has 1 aliphatic rings. The van der Waals surface area contributed by atoms with Crippen molar-refractivity contribution < 1.29 is 0 Å². The second-order valence-corrected chi connectivity index (χ2v) is 4.69. The van der Waals surface area contributed by atoms with Crippen LogP contribution in [0.2, 0.25) is 0 Å². The second-order valence-electron chi connectivity index (χ2n) is 4.69. The van der Waals surface area contributed by atoms with Crippen molar-refractivity contribution in [2.45, 2.75) is 40.0 Å². The Bertz CT molecular complexity index is 146. The molecule has 0 bridgehead atoms. The average Bonchev–Trinajstić information content (AvgIpc) is 2.05. The molecule has 0 radical (unpaired) electrons. The van der Waals surface area contributed by atoms with Crippen molar-refractivity contribution in [1.29, 1.82) is 0 Å². The fraction of sp³-hybridized carbons (Fsp3) is 0.833. The van der Waals surface area contributed by atoms with Gasteiger partial charge in [0.15, 0.2) is 0 Å². The van der Waals surface area contributed by atoms with Crippen LogP contribution in [0.1, 0.15) is 40.0 Å². The topological polar surface area (TPSA) is 0 Å². The Kier molecular flexibility index (Phi) is 3.37. The molecule has 0 N–H and O–H groups in total. The summed E-state index contributed by atoms with van der Waals surface area (Å²) < 4.78 is 0. The van der Waals surface area contributed by atoms with Gasteiger partial charge in [0.2, 0.25) is 0 Å². The van der Waals surface area contributed by atoms with Crippen LogP contribution in [-0.4, -0.2) is 0 Å². The van der Waals surface area contributed by atoms with Gasteiger partial charge in [-0.2, -0.15) is 0 Å². The van der Waals surface area contributed by atoms with Gasteiger partial charge in [-0.3, -0.25) is 0 Å². The van der Waals surface area contributed by atoms with Crippen LogP contribution in [0.3, 0.4) is 0 Å². The molecule has 0 aromatic heterocycles. The first-order valence-corrected chi connectivity index (χ1v) is 5.27. The van der Waals surface area contributed by atoms with Crippen LogP contribution in [0.5, 0.6) is 0 Å². The summed E-state index contributed by atoms with van der Waals surface area (Å²) in [6, 6.07) is 0. The molecule has 1 rings (SSSR count). The van der Waals surface area contributed by atoms with Crippen molar-refractivity contribution in [3.63, 3.8) is 0 Å². The highest BCUT2D eigenvalue weighted by Crippen LogP contribution is 2.38. The maximum Gasteiger partial charge on any atom is -0.0233 e. The Labute approximate surface area is 77.1 Å². The smallest absolute Gasteiger partial charge is 0.0233 e. The van der Waals surface area contributed by atoms with Crippen LogP contribution in [0, 0.1) is 23.7 Å². The lowest BCUT2D eigenvalue weighted by molar-refractivity contribution is 0.167. The van der Waals surface area contributed by atoms with E-state index in [1.165, 1.54) is 19.3 Å². The SMILES string of the molecule is C=CC1CCC(C)C(C(C)C)C1. The molecule has 1 saturated carbocycles. The summed E-state index contributed by atoms with van der Waals surface area (Å²) in [5, 5.41) is 0. The Hall–Kier alpha value is -0.260. The zero-order chi connectivity index (χ0) is 9.14. The first kappa shape index (κ1) is 9.83. The van der Waals surface area contributed by atoms with Crippen LogP contribution < -0.4 is 0 Å². The number of allylic oxidation sites excluding steroid dienone is 1.